The van der Waals surface area contributed by atoms with Gasteiger partial charge in [0.25, 0.3) is 5.91 Å². The lowest BCUT2D eigenvalue weighted by Gasteiger charge is -2.05. The number of carbonyl (C=O) groups excluding carboxylic acids is 1. The van der Waals surface area contributed by atoms with Crippen LogP contribution in [0.3, 0.4) is 0 Å². The first-order valence-electron chi connectivity index (χ1n) is 6.69. The van der Waals surface area contributed by atoms with E-state index in [0.29, 0.717) is 5.69 Å². The predicted molar refractivity (Wildman–Crippen MR) is 76.2 cm³/mol. The number of ether oxygens (including phenoxy) is 1. The quantitative estimate of drug-likeness (QED) is 0.930. The molecule has 0 spiro atoms. The molecule has 5 nitrogen and oxygen atoms in total. The van der Waals surface area contributed by atoms with Crippen molar-refractivity contribution in [2.24, 2.45) is 7.05 Å². The highest BCUT2D eigenvalue weighted by Crippen LogP contribution is 2.25. The Bertz CT molecular complexity index is 644. The van der Waals surface area contributed by atoms with Gasteiger partial charge < -0.3 is 10.1 Å². The summed E-state index contributed by atoms with van der Waals surface area (Å²) in [5.74, 6) is 0.621. The number of benzene rings is 1. The minimum Gasteiger partial charge on any atom is -0.497 e. The molecule has 0 bridgehead atoms. The fraction of sp³-hybridized carbons (Fsp3) is 0.333. The minimum atomic E-state index is -0.145. The van der Waals surface area contributed by atoms with Crippen LogP contribution in [0.4, 0.5) is 5.69 Å². The molecule has 5 heteroatoms. The van der Waals surface area contributed by atoms with Gasteiger partial charge in [-0.3, -0.25) is 9.48 Å². The summed E-state index contributed by atoms with van der Waals surface area (Å²) < 4.78 is 6.92. The molecule has 0 saturated carbocycles. The van der Waals surface area contributed by atoms with E-state index < -0.39 is 0 Å². The van der Waals surface area contributed by atoms with Gasteiger partial charge in [-0.25, -0.2) is 0 Å². The van der Waals surface area contributed by atoms with E-state index in [2.05, 4.69) is 10.4 Å². The van der Waals surface area contributed by atoms with E-state index in [-0.39, 0.29) is 5.91 Å². The van der Waals surface area contributed by atoms with Gasteiger partial charge in [-0.1, -0.05) is 0 Å². The molecule has 0 aliphatic heterocycles. The topological polar surface area (TPSA) is 56.1 Å². The van der Waals surface area contributed by atoms with Gasteiger partial charge in [0.1, 0.15) is 5.75 Å². The fourth-order valence-electron chi connectivity index (χ4n) is 2.66. The Hall–Kier alpha value is -2.30. The Kier molecular flexibility index (Phi) is 3.18. The average molecular weight is 271 g/mol. The summed E-state index contributed by atoms with van der Waals surface area (Å²) in [5, 5.41) is 7.22. The maximum absolute atomic E-state index is 12.3. The number of hydrogen-bond donors (Lipinski definition) is 1. The molecule has 20 heavy (non-hydrogen) atoms. The number of carbonyl (C=O) groups is 1. The fourth-order valence-corrected chi connectivity index (χ4v) is 2.66. The largest absolute Gasteiger partial charge is 0.497 e. The zero-order valence-corrected chi connectivity index (χ0v) is 11.6. The normalized spacial score (nSPS) is 13.1. The van der Waals surface area contributed by atoms with Crippen molar-refractivity contribution in [3.8, 4) is 5.75 Å². The Morgan fingerprint density at radius 3 is 2.75 bits per heavy atom. The van der Waals surface area contributed by atoms with E-state index in [9.17, 15) is 4.79 Å². The third-order valence-corrected chi connectivity index (χ3v) is 3.68. The lowest BCUT2D eigenvalue weighted by molar-refractivity contribution is 0.102. The summed E-state index contributed by atoms with van der Waals surface area (Å²) in [4.78, 5) is 12.3. The van der Waals surface area contributed by atoms with Crippen LogP contribution >= 0.6 is 0 Å². The molecule has 1 aliphatic rings. The molecule has 2 aromatic rings. The highest BCUT2D eigenvalue weighted by molar-refractivity contribution is 6.04. The van der Waals surface area contributed by atoms with Crippen LogP contribution in [0.25, 0.3) is 0 Å². The number of nitrogens with zero attached hydrogens (tertiary/aromatic N) is 2. The third-order valence-electron chi connectivity index (χ3n) is 3.68. The van der Waals surface area contributed by atoms with Crippen molar-refractivity contribution in [2.45, 2.75) is 19.3 Å². The summed E-state index contributed by atoms with van der Waals surface area (Å²) in [6.45, 7) is 0. The van der Waals surface area contributed by atoms with Crippen molar-refractivity contribution in [2.75, 3.05) is 12.4 Å². The molecule has 0 radical (unpaired) electrons. The Morgan fingerprint density at radius 1 is 1.30 bits per heavy atom. The highest BCUT2D eigenvalue weighted by Gasteiger charge is 2.24. The van der Waals surface area contributed by atoms with Crippen LogP contribution in [0.15, 0.2) is 24.3 Å². The van der Waals surface area contributed by atoms with Crippen LogP contribution in [0.1, 0.15) is 28.2 Å². The molecule has 0 fully saturated rings. The Morgan fingerprint density at radius 2 is 2.05 bits per heavy atom. The number of methoxy groups -OCH3 is 1. The SMILES string of the molecule is COc1ccc(NC(=O)c2nn(C)c3c2CCC3)cc1. The van der Waals surface area contributed by atoms with Crippen molar-refractivity contribution in [3.63, 3.8) is 0 Å². The molecule has 1 aromatic heterocycles. The second kappa shape index (κ2) is 5.00. The van der Waals surface area contributed by atoms with Gasteiger partial charge in [0, 0.05) is 24.0 Å². The van der Waals surface area contributed by atoms with Crippen molar-refractivity contribution in [1.29, 1.82) is 0 Å². The van der Waals surface area contributed by atoms with E-state index in [1.165, 1.54) is 5.69 Å². The van der Waals surface area contributed by atoms with Crippen LogP contribution in [0.5, 0.6) is 5.75 Å². The predicted octanol–water partition coefficient (Wildman–Crippen LogP) is 2.17. The van der Waals surface area contributed by atoms with Gasteiger partial charge in [-0.05, 0) is 43.5 Å². The molecule has 104 valence electrons. The summed E-state index contributed by atoms with van der Waals surface area (Å²) in [5.41, 5.74) is 3.58. The molecule has 0 saturated heterocycles. The summed E-state index contributed by atoms with van der Waals surface area (Å²) in [7, 11) is 3.51. The van der Waals surface area contributed by atoms with Crippen molar-refractivity contribution in [3.05, 3.63) is 41.2 Å². The Labute approximate surface area is 117 Å². The second-order valence-electron chi connectivity index (χ2n) is 4.93. The second-order valence-corrected chi connectivity index (χ2v) is 4.93. The number of aryl methyl sites for hydroxylation is 1. The Balaban J connectivity index is 1.81. The van der Waals surface area contributed by atoms with Gasteiger partial charge in [-0.2, -0.15) is 5.10 Å². The van der Waals surface area contributed by atoms with Crippen LogP contribution in [-0.2, 0) is 19.9 Å². The van der Waals surface area contributed by atoms with E-state index in [1.54, 1.807) is 7.11 Å². The average Bonchev–Trinajstić information content (AvgIpc) is 3.04. The van der Waals surface area contributed by atoms with Crippen molar-refractivity contribution in [1.82, 2.24) is 9.78 Å². The molecule has 0 unspecified atom stereocenters. The highest BCUT2D eigenvalue weighted by atomic mass is 16.5. The first kappa shape index (κ1) is 12.7. The molecular formula is C15H17N3O2. The summed E-state index contributed by atoms with van der Waals surface area (Å²) >= 11 is 0. The molecule has 1 amide bonds. The molecule has 3 rings (SSSR count). The van der Waals surface area contributed by atoms with Crippen LogP contribution < -0.4 is 10.1 Å². The maximum atomic E-state index is 12.3. The van der Waals surface area contributed by atoms with Gasteiger partial charge in [0.05, 0.1) is 7.11 Å². The number of anilines is 1. The van der Waals surface area contributed by atoms with E-state index >= 15 is 0 Å². The van der Waals surface area contributed by atoms with Gasteiger partial charge in [-0.15, -0.1) is 0 Å². The lowest BCUT2D eigenvalue weighted by atomic mass is 10.2. The lowest BCUT2D eigenvalue weighted by Crippen LogP contribution is -2.14. The first-order chi connectivity index (χ1) is 9.69. The monoisotopic (exact) mass is 271 g/mol. The van der Waals surface area contributed by atoms with Gasteiger partial charge in [0.2, 0.25) is 0 Å². The van der Waals surface area contributed by atoms with E-state index in [4.69, 9.17) is 4.74 Å². The standard InChI is InChI=1S/C15H17N3O2/c1-18-13-5-3-4-12(13)14(17-18)15(19)16-10-6-8-11(20-2)9-7-10/h6-9H,3-5H2,1-2H3,(H,16,19). The minimum absolute atomic E-state index is 0.145. The van der Waals surface area contributed by atoms with Crippen LogP contribution in [0.2, 0.25) is 0 Å². The maximum Gasteiger partial charge on any atom is 0.276 e. The van der Waals surface area contributed by atoms with Gasteiger partial charge in [0.15, 0.2) is 5.69 Å². The molecule has 1 N–H and O–H groups in total. The number of fused-ring (bicyclic) bond motifs is 1. The first-order valence-corrected chi connectivity index (χ1v) is 6.69. The number of rotatable bonds is 3. The molecule has 0 atom stereocenters. The third kappa shape index (κ3) is 2.15. The molecule has 1 aromatic carbocycles. The van der Waals surface area contributed by atoms with Crippen LogP contribution in [0, 0.1) is 0 Å². The molecule has 1 heterocycles. The van der Waals surface area contributed by atoms with E-state index in [0.717, 1.165) is 36.3 Å². The van der Waals surface area contributed by atoms with Crippen LogP contribution in [-0.4, -0.2) is 22.8 Å². The smallest absolute Gasteiger partial charge is 0.276 e. The zero-order chi connectivity index (χ0) is 14.1. The number of amides is 1. The number of aromatic nitrogens is 2. The number of hydrogen-bond acceptors (Lipinski definition) is 3. The molecular weight excluding hydrogens is 254 g/mol. The number of nitrogens with one attached hydrogen (secondary N) is 1. The van der Waals surface area contributed by atoms with Crippen molar-refractivity contribution < 1.29 is 9.53 Å². The van der Waals surface area contributed by atoms with E-state index in [1.807, 2.05) is 36.0 Å². The van der Waals surface area contributed by atoms with Crippen molar-refractivity contribution >= 4 is 11.6 Å². The van der Waals surface area contributed by atoms with Gasteiger partial charge >= 0.3 is 0 Å². The zero-order valence-electron chi connectivity index (χ0n) is 11.6. The molecule has 1 aliphatic carbocycles. The summed E-state index contributed by atoms with van der Waals surface area (Å²) in [6, 6.07) is 7.27. The summed E-state index contributed by atoms with van der Waals surface area (Å²) in [6.07, 6.45) is 3.05.